The molecule has 2 aromatic carbocycles. The molecular formula is C18H17N3OS. The molecule has 0 aliphatic carbocycles. The summed E-state index contributed by atoms with van der Waals surface area (Å²) in [5.74, 6) is -0.00573. The number of thioether (sulfide) groups is 1. The zero-order valence-corrected chi connectivity index (χ0v) is 13.6. The van der Waals surface area contributed by atoms with Gasteiger partial charge in [0.2, 0.25) is 5.91 Å². The minimum atomic E-state index is -0.228. The normalized spacial score (nSPS) is 12.0. The number of nitrogens with one attached hydrogen (secondary N) is 1. The van der Waals surface area contributed by atoms with Gasteiger partial charge in [0.15, 0.2) is 0 Å². The molecule has 0 aliphatic rings. The first-order chi connectivity index (χ1) is 11.2. The van der Waals surface area contributed by atoms with Gasteiger partial charge >= 0.3 is 0 Å². The van der Waals surface area contributed by atoms with Gasteiger partial charge in [-0.3, -0.25) is 9.78 Å². The van der Waals surface area contributed by atoms with Crippen molar-refractivity contribution in [2.45, 2.75) is 23.7 Å². The van der Waals surface area contributed by atoms with E-state index in [9.17, 15) is 4.79 Å². The molecule has 1 aromatic heterocycles. The summed E-state index contributed by atoms with van der Waals surface area (Å²) in [6.45, 7) is 2.41. The summed E-state index contributed by atoms with van der Waals surface area (Å²) >= 11 is 1.42. The first kappa shape index (κ1) is 15.5. The van der Waals surface area contributed by atoms with Gasteiger partial charge in [-0.1, -0.05) is 54.2 Å². The Labute approximate surface area is 139 Å². The van der Waals surface area contributed by atoms with E-state index in [1.807, 2.05) is 61.5 Å². The van der Waals surface area contributed by atoms with E-state index >= 15 is 0 Å². The van der Waals surface area contributed by atoms with Crippen LogP contribution in [0.5, 0.6) is 0 Å². The van der Waals surface area contributed by atoms with E-state index in [0.29, 0.717) is 6.54 Å². The summed E-state index contributed by atoms with van der Waals surface area (Å²) in [6.07, 6.45) is 1.72. The molecule has 0 spiro atoms. The van der Waals surface area contributed by atoms with Crippen LogP contribution >= 0.6 is 11.8 Å². The van der Waals surface area contributed by atoms with Crippen LogP contribution in [0.3, 0.4) is 0 Å². The van der Waals surface area contributed by atoms with Crippen molar-refractivity contribution in [3.8, 4) is 0 Å². The van der Waals surface area contributed by atoms with E-state index in [2.05, 4.69) is 15.3 Å². The minimum Gasteiger partial charge on any atom is -0.351 e. The molecule has 23 heavy (non-hydrogen) atoms. The van der Waals surface area contributed by atoms with E-state index in [0.717, 1.165) is 21.6 Å². The van der Waals surface area contributed by atoms with Crippen molar-refractivity contribution in [1.29, 1.82) is 0 Å². The second-order valence-corrected chi connectivity index (χ2v) is 6.52. The van der Waals surface area contributed by atoms with Crippen molar-refractivity contribution in [2.24, 2.45) is 0 Å². The summed E-state index contributed by atoms with van der Waals surface area (Å²) in [7, 11) is 0. The molecule has 1 unspecified atom stereocenters. The van der Waals surface area contributed by atoms with E-state index in [1.54, 1.807) is 6.20 Å². The zero-order valence-electron chi connectivity index (χ0n) is 12.8. The molecule has 0 aliphatic heterocycles. The molecule has 1 atom stereocenters. The van der Waals surface area contributed by atoms with Gasteiger partial charge in [0.05, 0.1) is 22.5 Å². The second kappa shape index (κ2) is 7.24. The summed E-state index contributed by atoms with van der Waals surface area (Å²) < 4.78 is 0. The summed E-state index contributed by atoms with van der Waals surface area (Å²) in [4.78, 5) is 21.1. The number of hydrogen-bond acceptors (Lipinski definition) is 4. The van der Waals surface area contributed by atoms with Crippen LogP contribution in [-0.2, 0) is 11.3 Å². The highest BCUT2D eigenvalue weighted by molar-refractivity contribution is 8.00. The zero-order chi connectivity index (χ0) is 16.1. The van der Waals surface area contributed by atoms with Crippen LogP contribution in [-0.4, -0.2) is 21.1 Å². The molecule has 3 rings (SSSR count). The van der Waals surface area contributed by atoms with Crippen LogP contribution in [0.25, 0.3) is 11.0 Å². The predicted octanol–water partition coefficient (Wildman–Crippen LogP) is 3.43. The Balaban J connectivity index is 1.60. The molecule has 116 valence electrons. The Kier molecular flexibility index (Phi) is 4.88. The van der Waals surface area contributed by atoms with Gasteiger partial charge in [-0.15, -0.1) is 0 Å². The number of rotatable bonds is 5. The quantitative estimate of drug-likeness (QED) is 0.731. The number of fused-ring (bicyclic) bond motifs is 1. The van der Waals surface area contributed by atoms with Crippen molar-refractivity contribution < 1.29 is 4.79 Å². The molecule has 0 bridgehead atoms. The molecule has 3 aromatic rings. The molecule has 1 amide bonds. The molecule has 0 radical (unpaired) electrons. The fourth-order valence-corrected chi connectivity index (χ4v) is 2.98. The third kappa shape index (κ3) is 4.07. The van der Waals surface area contributed by atoms with Crippen LogP contribution in [0.1, 0.15) is 12.5 Å². The Morgan fingerprint density at radius 2 is 1.78 bits per heavy atom. The highest BCUT2D eigenvalue weighted by Gasteiger charge is 2.15. The van der Waals surface area contributed by atoms with Gasteiger partial charge in [-0.25, -0.2) is 4.98 Å². The Bertz CT molecular complexity index is 807. The first-order valence-electron chi connectivity index (χ1n) is 7.42. The SMILES string of the molecule is CC(Sc1cnc2ccccc2n1)C(=O)NCc1ccccc1. The first-order valence-corrected chi connectivity index (χ1v) is 8.30. The molecular weight excluding hydrogens is 306 g/mol. The maximum absolute atomic E-state index is 12.2. The molecule has 1 heterocycles. The van der Waals surface area contributed by atoms with Crippen molar-refractivity contribution in [2.75, 3.05) is 0 Å². The third-order valence-electron chi connectivity index (χ3n) is 3.40. The standard InChI is InChI=1S/C18H17N3OS/c1-13(18(22)20-11-14-7-3-2-4-8-14)23-17-12-19-15-9-5-6-10-16(15)21-17/h2-10,12-13H,11H2,1H3,(H,20,22). The molecule has 0 saturated heterocycles. The third-order valence-corrected chi connectivity index (χ3v) is 4.41. The van der Waals surface area contributed by atoms with E-state index in [4.69, 9.17) is 0 Å². The van der Waals surface area contributed by atoms with E-state index in [1.165, 1.54) is 11.8 Å². The van der Waals surface area contributed by atoms with Crippen molar-refractivity contribution in [3.63, 3.8) is 0 Å². The lowest BCUT2D eigenvalue weighted by Gasteiger charge is -2.11. The number of carbonyl (C=O) groups is 1. The highest BCUT2D eigenvalue weighted by Crippen LogP contribution is 2.22. The Morgan fingerprint density at radius 3 is 2.57 bits per heavy atom. The number of benzene rings is 2. The van der Waals surface area contributed by atoms with Crippen molar-refractivity contribution >= 4 is 28.7 Å². The van der Waals surface area contributed by atoms with Crippen LogP contribution in [0.2, 0.25) is 0 Å². The predicted molar refractivity (Wildman–Crippen MR) is 93.1 cm³/mol. The van der Waals surface area contributed by atoms with Gasteiger partial charge in [0.25, 0.3) is 0 Å². The van der Waals surface area contributed by atoms with Gasteiger partial charge in [0, 0.05) is 6.54 Å². The molecule has 5 heteroatoms. The maximum atomic E-state index is 12.2. The number of para-hydroxylation sites is 2. The van der Waals surface area contributed by atoms with Gasteiger partial charge in [0.1, 0.15) is 5.03 Å². The number of nitrogens with zero attached hydrogens (tertiary/aromatic N) is 2. The average Bonchev–Trinajstić information content (AvgIpc) is 2.60. The smallest absolute Gasteiger partial charge is 0.233 e. The summed E-state index contributed by atoms with van der Waals surface area (Å²) in [5, 5.41) is 3.48. The van der Waals surface area contributed by atoms with Crippen LogP contribution in [0.4, 0.5) is 0 Å². The molecule has 0 saturated carbocycles. The van der Waals surface area contributed by atoms with Gasteiger partial charge in [-0.05, 0) is 24.6 Å². The lowest BCUT2D eigenvalue weighted by Crippen LogP contribution is -2.30. The number of amides is 1. The molecule has 4 nitrogen and oxygen atoms in total. The lowest BCUT2D eigenvalue weighted by molar-refractivity contribution is -0.120. The molecule has 0 fully saturated rings. The van der Waals surface area contributed by atoms with Crippen molar-refractivity contribution in [1.82, 2.24) is 15.3 Å². The average molecular weight is 323 g/mol. The summed E-state index contributed by atoms with van der Waals surface area (Å²) in [6, 6.07) is 17.6. The summed E-state index contributed by atoms with van der Waals surface area (Å²) in [5.41, 5.74) is 2.79. The van der Waals surface area contributed by atoms with E-state index in [-0.39, 0.29) is 11.2 Å². The van der Waals surface area contributed by atoms with Crippen molar-refractivity contribution in [3.05, 3.63) is 66.4 Å². The van der Waals surface area contributed by atoms with E-state index < -0.39 is 0 Å². The monoisotopic (exact) mass is 323 g/mol. The number of aromatic nitrogens is 2. The Morgan fingerprint density at radius 1 is 1.09 bits per heavy atom. The van der Waals surface area contributed by atoms with Crippen LogP contribution in [0.15, 0.2) is 65.8 Å². The van der Waals surface area contributed by atoms with Gasteiger partial charge in [-0.2, -0.15) is 0 Å². The minimum absolute atomic E-state index is 0.00573. The highest BCUT2D eigenvalue weighted by atomic mass is 32.2. The largest absolute Gasteiger partial charge is 0.351 e. The maximum Gasteiger partial charge on any atom is 0.233 e. The lowest BCUT2D eigenvalue weighted by atomic mass is 10.2. The topological polar surface area (TPSA) is 54.9 Å². The number of carbonyl (C=O) groups excluding carboxylic acids is 1. The Hall–Kier alpha value is -2.40. The van der Waals surface area contributed by atoms with Crippen LogP contribution < -0.4 is 5.32 Å². The van der Waals surface area contributed by atoms with Gasteiger partial charge < -0.3 is 5.32 Å². The van der Waals surface area contributed by atoms with Crippen LogP contribution in [0, 0.1) is 0 Å². The second-order valence-electron chi connectivity index (χ2n) is 5.16. The fourth-order valence-electron chi connectivity index (χ4n) is 2.16. The number of hydrogen-bond donors (Lipinski definition) is 1. The fraction of sp³-hybridized carbons (Fsp3) is 0.167. The molecule has 1 N–H and O–H groups in total.